The number of thioether (sulfide) groups is 1. The Kier molecular flexibility index (Phi) is 6.01. The van der Waals surface area contributed by atoms with E-state index in [4.69, 9.17) is 4.98 Å². The molecule has 0 atom stereocenters. The number of aryl methyl sites for hydroxylation is 3. The Morgan fingerprint density at radius 2 is 1.97 bits per heavy atom. The molecule has 3 aromatic rings. The molecule has 1 aromatic carbocycles. The predicted octanol–water partition coefficient (Wildman–Crippen LogP) is 3.22. The lowest BCUT2D eigenvalue weighted by atomic mass is 9.97. The number of hydrogen-bond donors (Lipinski definition) is 1. The molecule has 2 aromatic heterocycles. The summed E-state index contributed by atoms with van der Waals surface area (Å²) in [5, 5.41) is 3.95. The fourth-order valence-corrected chi connectivity index (χ4v) is 6.53. The van der Waals surface area contributed by atoms with Crippen LogP contribution in [0.1, 0.15) is 28.8 Å². The molecule has 3 heterocycles. The number of nitrogens with zero attached hydrogens (tertiary/aromatic N) is 3. The number of aromatic nitrogens is 2. The number of urea groups is 1. The van der Waals surface area contributed by atoms with Gasteiger partial charge in [-0.15, -0.1) is 11.3 Å². The summed E-state index contributed by atoms with van der Waals surface area (Å²) in [5.41, 5.74) is 2.30. The van der Waals surface area contributed by atoms with Gasteiger partial charge >= 0.3 is 6.03 Å². The highest BCUT2D eigenvalue weighted by Crippen LogP contribution is 2.34. The number of carbonyl (C=O) groups is 2. The van der Waals surface area contributed by atoms with Crippen LogP contribution in [0.4, 0.5) is 4.79 Å². The van der Waals surface area contributed by atoms with E-state index < -0.39 is 0 Å². The molecular formula is C23H24N4O3S2. The Morgan fingerprint density at radius 1 is 1.16 bits per heavy atom. The number of nitrogens with one attached hydrogen (secondary N) is 1. The van der Waals surface area contributed by atoms with Crippen LogP contribution < -0.4 is 10.9 Å². The van der Waals surface area contributed by atoms with Crippen molar-refractivity contribution in [1.29, 1.82) is 0 Å². The van der Waals surface area contributed by atoms with Gasteiger partial charge in [0.2, 0.25) is 5.91 Å². The Balaban J connectivity index is 1.48. The predicted molar refractivity (Wildman–Crippen MR) is 127 cm³/mol. The molecule has 2 aliphatic rings. The first-order chi connectivity index (χ1) is 15.6. The first-order valence-electron chi connectivity index (χ1n) is 10.9. The Labute approximate surface area is 193 Å². The van der Waals surface area contributed by atoms with Crippen molar-refractivity contribution in [3.05, 3.63) is 56.7 Å². The summed E-state index contributed by atoms with van der Waals surface area (Å²) in [4.78, 5) is 46.1. The van der Waals surface area contributed by atoms with Gasteiger partial charge in [0.1, 0.15) is 4.83 Å². The molecule has 0 bridgehead atoms. The molecule has 3 amide bonds. The van der Waals surface area contributed by atoms with Crippen LogP contribution in [0.15, 0.2) is 40.3 Å². The molecule has 0 spiro atoms. The third kappa shape index (κ3) is 4.06. The molecule has 0 saturated carbocycles. The lowest BCUT2D eigenvalue weighted by Gasteiger charge is -2.15. The second-order valence-electron chi connectivity index (χ2n) is 8.04. The Bertz CT molecular complexity index is 1240. The van der Waals surface area contributed by atoms with E-state index in [1.165, 1.54) is 27.1 Å². The van der Waals surface area contributed by atoms with Gasteiger partial charge in [-0.05, 0) is 43.2 Å². The third-order valence-corrected chi connectivity index (χ3v) is 8.14. The summed E-state index contributed by atoms with van der Waals surface area (Å²) in [6.07, 6.45) is 4.89. The van der Waals surface area contributed by atoms with Gasteiger partial charge in [-0.1, -0.05) is 42.1 Å². The zero-order chi connectivity index (χ0) is 22.1. The van der Waals surface area contributed by atoms with Gasteiger partial charge in [0.15, 0.2) is 5.16 Å². The lowest BCUT2D eigenvalue weighted by Crippen LogP contribution is -2.35. The van der Waals surface area contributed by atoms with E-state index in [1.54, 1.807) is 15.9 Å². The highest BCUT2D eigenvalue weighted by atomic mass is 32.2. The van der Waals surface area contributed by atoms with Crippen molar-refractivity contribution in [2.75, 3.05) is 18.8 Å². The van der Waals surface area contributed by atoms with Crippen molar-refractivity contribution in [2.24, 2.45) is 0 Å². The summed E-state index contributed by atoms with van der Waals surface area (Å²) in [6, 6.07) is 9.69. The molecular weight excluding hydrogens is 444 g/mol. The van der Waals surface area contributed by atoms with E-state index in [0.29, 0.717) is 31.2 Å². The smallest absolute Gasteiger partial charge is 0.324 e. The van der Waals surface area contributed by atoms with Gasteiger partial charge in [-0.2, -0.15) is 0 Å². The van der Waals surface area contributed by atoms with Gasteiger partial charge in [0.05, 0.1) is 11.1 Å². The van der Waals surface area contributed by atoms with E-state index in [2.05, 4.69) is 5.32 Å². The van der Waals surface area contributed by atoms with Gasteiger partial charge in [0, 0.05) is 24.5 Å². The Hall–Kier alpha value is -2.65. The van der Waals surface area contributed by atoms with E-state index in [-0.39, 0.29) is 23.3 Å². The molecule has 1 fully saturated rings. The molecule has 5 rings (SSSR count). The molecule has 7 nitrogen and oxygen atoms in total. The number of amides is 3. The topological polar surface area (TPSA) is 84.3 Å². The number of rotatable bonds is 6. The molecule has 166 valence electrons. The minimum Gasteiger partial charge on any atom is -0.336 e. The zero-order valence-electron chi connectivity index (χ0n) is 17.6. The molecule has 1 aliphatic heterocycles. The van der Waals surface area contributed by atoms with Crippen LogP contribution in [0.2, 0.25) is 0 Å². The van der Waals surface area contributed by atoms with Crippen LogP contribution in [0.5, 0.6) is 0 Å². The van der Waals surface area contributed by atoms with Crippen LogP contribution in [0.25, 0.3) is 10.2 Å². The average molecular weight is 469 g/mol. The number of hydrogen-bond acceptors (Lipinski definition) is 6. The molecule has 0 radical (unpaired) electrons. The maximum Gasteiger partial charge on any atom is 0.324 e. The normalized spacial score (nSPS) is 15.8. The highest BCUT2D eigenvalue weighted by Gasteiger charge is 2.27. The third-order valence-electron chi connectivity index (χ3n) is 5.99. The van der Waals surface area contributed by atoms with E-state index in [1.807, 2.05) is 30.3 Å². The van der Waals surface area contributed by atoms with Crippen molar-refractivity contribution in [3.63, 3.8) is 0 Å². The van der Waals surface area contributed by atoms with Crippen molar-refractivity contribution in [2.45, 2.75) is 43.8 Å². The van der Waals surface area contributed by atoms with E-state index in [0.717, 1.165) is 41.5 Å². The fourth-order valence-electron chi connectivity index (χ4n) is 4.33. The molecule has 1 saturated heterocycles. The van der Waals surface area contributed by atoms with Crippen LogP contribution in [0, 0.1) is 0 Å². The first kappa shape index (κ1) is 21.2. The van der Waals surface area contributed by atoms with Crippen LogP contribution >= 0.6 is 23.1 Å². The minimum atomic E-state index is -0.355. The quantitative estimate of drug-likeness (QED) is 0.444. The monoisotopic (exact) mass is 468 g/mol. The van der Waals surface area contributed by atoms with E-state index >= 15 is 0 Å². The summed E-state index contributed by atoms with van der Waals surface area (Å²) in [6.45, 7) is 1.35. The summed E-state index contributed by atoms with van der Waals surface area (Å²) >= 11 is 2.86. The zero-order valence-corrected chi connectivity index (χ0v) is 19.3. The average Bonchev–Trinajstić information content (AvgIpc) is 3.40. The van der Waals surface area contributed by atoms with Crippen molar-refractivity contribution < 1.29 is 9.59 Å². The molecule has 0 unspecified atom stereocenters. The maximum atomic E-state index is 13.6. The SMILES string of the molecule is O=C(CSc1nc2sc3c(c2c(=O)n1CCc1ccccc1)CCCC3)N1CCNC1=O. The number of imide groups is 1. The second-order valence-corrected chi connectivity index (χ2v) is 10.1. The second kappa shape index (κ2) is 9.07. The molecule has 1 aliphatic carbocycles. The van der Waals surface area contributed by atoms with Crippen molar-refractivity contribution in [3.8, 4) is 0 Å². The number of benzene rings is 1. The van der Waals surface area contributed by atoms with Gasteiger partial charge in [-0.3, -0.25) is 19.1 Å². The molecule has 9 heteroatoms. The highest BCUT2D eigenvalue weighted by molar-refractivity contribution is 7.99. The van der Waals surface area contributed by atoms with Crippen LogP contribution in [-0.2, 0) is 30.6 Å². The summed E-state index contributed by atoms with van der Waals surface area (Å²) in [7, 11) is 0. The maximum absolute atomic E-state index is 13.6. The van der Waals surface area contributed by atoms with Crippen molar-refractivity contribution in [1.82, 2.24) is 19.8 Å². The first-order valence-corrected chi connectivity index (χ1v) is 12.7. The van der Waals surface area contributed by atoms with Gasteiger partial charge in [0.25, 0.3) is 5.56 Å². The fraction of sp³-hybridized carbons (Fsp3) is 0.391. The number of fused-ring (bicyclic) bond motifs is 3. The lowest BCUT2D eigenvalue weighted by molar-refractivity contribution is -0.124. The van der Waals surface area contributed by atoms with E-state index in [9.17, 15) is 14.4 Å². The van der Waals surface area contributed by atoms with Crippen LogP contribution in [-0.4, -0.2) is 45.2 Å². The number of thiophene rings is 1. The summed E-state index contributed by atoms with van der Waals surface area (Å²) in [5.74, 6) is -0.193. The van der Waals surface area contributed by atoms with Crippen LogP contribution in [0.3, 0.4) is 0 Å². The summed E-state index contributed by atoms with van der Waals surface area (Å²) < 4.78 is 1.72. The molecule has 32 heavy (non-hydrogen) atoms. The van der Waals surface area contributed by atoms with Gasteiger partial charge < -0.3 is 5.32 Å². The number of carbonyl (C=O) groups excluding carboxylic acids is 2. The molecule has 1 N–H and O–H groups in total. The minimum absolute atomic E-state index is 0.0146. The Morgan fingerprint density at radius 3 is 2.75 bits per heavy atom. The standard InChI is InChI=1S/C23H24N4O3S2/c28-18(26-13-11-24-22(26)30)14-31-23-25-20-19(16-8-4-5-9-17(16)32-20)21(29)27(23)12-10-15-6-2-1-3-7-15/h1-3,6-7H,4-5,8-14H2,(H,24,30). The largest absolute Gasteiger partial charge is 0.336 e. The van der Waals surface area contributed by atoms with Crippen molar-refractivity contribution >= 4 is 45.3 Å². The van der Waals surface area contributed by atoms with Gasteiger partial charge in [-0.25, -0.2) is 9.78 Å².